The SMILES string of the molecule is Clc1ccccc1C#CCNc1ccc(-n2cncn2)cc1. The monoisotopic (exact) mass is 308 g/mol. The lowest BCUT2D eigenvalue weighted by Crippen LogP contribution is -1.99. The smallest absolute Gasteiger partial charge is 0.138 e. The molecule has 0 aliphatic rings. The van der Waals surface area contributed by atoms with E-state index in [0.717, 1.165) is 16.9 Å². The molecular weight excluding hydrogens is 296 g/mol. The number of aromatic nitrogens is 3. The molecular formula is C17H13ClN4. The molecule has 3 rings (SSSR count). The van der Waals surface area contributed by atoms with Crippen LogP contribution in [0.15, 0.2) is 61.2 Å². The third-order valence-electron chi connectivity index (χ3n) is 3.03. The van der Waals surface area contributed by atoms with E-state index in [-0.39, 0.29) is 0 Å². The van der Waals surface area contributed by atoms with Crippen LogP contribution in [0.5, 0.6) is 0 Å². The lowest BCUT2D eigenvalue weighted by molar-refractivity contribution is 0.879. The molecule has 1 heterocycles. The van der Waals surface area contributed by atoms with Crippen molar-refractivity contribution in [1.29, 1.82) is 0 Å². The Kier molecular flexibility index (Phi) is 4.38. The molecule has 0 saturated heterocycles. The van der Waals surface area contributed by atoms with E-state index < -0.39 is 0 Å². The van der Waals surface area contributed by atoms with Crippen LogP contribution >= 0.6 is 11.6 Å². The van der Waals surface area contributed by atoms with Crippen molar-refractivity contribution in [3.63, 3.8) is 0 Å². The Balaban J connectivity index is 1.60. The van der Waals surface area contributed by atoms with E-state index in [1.807, 2.05) is 48.5 Å². The summed E-state index contributed by atoms with van der Waals surface area (Å²) in [6.45, 7) is 0.549. The van der Waals surface area contributed by atoms with Gasteiger partial charge in [0.15, 0.2) is 0 Å². The number of nitrogens with zero attached hydrogens (tertiary/aromatic N) is 3. The molecule has 2 aromatic carbocycles. The van der Waals surface area contributed by atoms with Gasteiger partial charge in [0.2, 0.25) is 0 Å². The molecule has 1 N–H and O–H groups in total. The van der Waals surface area contributed by atoms with Crippen LogP contribution in [0, 0.1) is 11.8 Å². The van der Waals surface area contributed by atoms with Gasteiger partial charge in [-0.15, -0.1) is 0 Å². The number of hydrogen-bond acceptors (Lipinski definition) is 3. The Morgan fingerprint density at radius 1 is 1.09 bits per heavy atom. The number of halogens is 1. The lowest BCUT2D eigenvalue weighted by Gasteiger charge is -2.04. The van der Waals surface area contributed by atoms with Crippen molar-refractivity contribution in [2.75, 3.05) is 11.9 Å². The Morgan fingerprint density at radius 2 is 1.91 bits per heavy atom. The third-order valence-corrected chi connectivity index (χ3v) is 3.36. The molecule has 0 aliphatic heterocycles. The first-order valence-electron chi connectivity index (χ1n) is 6.75. The van der Waals surface area contributed by atoms with Gasteiger partial charge in [0.25, 0.3) is 0 Å². The zero-order chi connectivity index (χ0) is 15.2. The topological polar surface area (TPSA) is 42.7 Å². The molecule has 0 atom stereocenters. The zero-order valence-corrected chi connectivity index (χ0v) is 12.5. The summed E-state index contributed by atoms with van der Waals surface area (Å²) in [4.78, 5) is 3.92. The number of benzene rings is 2. The minimum Gasteiger partial charge on any atom is -0.374 e. The quantitative estimate of drug-likeness (QED) is 0.754. The van der Waals surface area contributed by atoms with E-state index in [4.69, 9.17) is 11.6 Å². The van der Waals surface area contributed by atoms with Crippen molar-refractivity contribution in [3.05, 3.63) is 71.8 Å². The molecule has 0 radical (unpaired) electrons. The van der Waals surface area contributed by atoms with Crippen molar-refractivity contribution in [1.82, 2.24) is 14.8 Å². The summed E-state index contributed by atoms with van der Waals surface area (Å²) in [5.74, 6) is 6.11. The molecule has 0 aliphatic carbocycles. The minimum atomic E-state index is 0.549. The normalized spacial score (nSPS) is 9.86. The Morgan fingerprint density at radius 3 is 2.64 bits per heavy atom. The van der Waals surface area contributed by atoms with Crippen molar-refractivity contribution < 1.29 is 0 Å². The van der Waals surface area contributed by atoms with Crippen molar-refractivity contribution >= 4 is 17.3 Å². The van der Waals surface area contributed by atoms with Crippen molar-refractivity contribution in [2.45, 2.75) is 0 Å². The van der Waals surface area contributed by atoms with Gasteiger partial charge in [-0.2, -0.15) is 5.10 Å². The maximum atomic E-state index is 6.05. The van der Waals surface area contributed by atoms with Gasteiger partial charge in [0.1, 0.15) is 12.7 Å². The average Bonchev–Trinajstić information content (AvgIpc) is 3.08. The van der Waals surface area contributed by atoms with Gasteiger partial charge in [-0.25, -0.2) is 9.67 Å². The molecule has 0 fully saturated rings. The van der Waals surface area contributed by atoms with Crippen LogP contribution in [0.4, 0.5) is 5.69 Å². The number of anilines is 1. The molecule has 0 bridgehead atoms. The summed E-state index contributed by atoms with van der Waals surface area (Å²) in [5.41, 5.74) is 2.80. The molecule has 1 aromatic heterocycles. The molecule has 0 amide bonds. The second-order valence-electron chi connectivity index (χ2n) is 4.52. The number of nitrogens with one attached hydrogen (secondary N) is 1. The van der Waals surface area contributed by atoms with Gasteiger partial charge in [0.05, 0.1) is 17.3 Å². The highest BCUT2D eigenvalue weighted by molar-refractivity contribution is 6.31. The molecule has 4 nitrogen and oxygen atoms in total. The average molecular weight is 309 g/mol. The molecule has 3 aromatic rings. The fourth-order valence-corrected chi connectivity index (χ4v) is 2.10. The van der Waals surface area contributed by atoms with E-state index in [1.54, 1.807) is 11.0 Å². The van der Waals surface area contributed by atoms with Gasteiger partial charge < -0.3 is 5.32 Å². The summed E-state index contributed by atoms with van der Waals surface area (Å²) in [5, 5.41) is 8.00. The highest BCUT2D eigenvalue weighted by atomic mass is 35.5. The Labute approximate surface area is 133 Å². The molecule has 22 heavy (non-hydrogen) atoms. The maximum absolute atomic E-state index is 6.05. The summed E-state index contributed by atoms with van der Waals surface area (Å²) >= 11 is 6.05. The summed E-state index contributed by atoms with van der Waals surface area (Å²) < 4.78 is 1.71. The van der Waals surface area contributed by atoms with Crippen LogP contribution in [0.3, 0.4) is 0 Å². The van der Waals surface area contributed by atoms with Gasteiger partial charge in [-0.1, -0.05) is 35.6 Å². The Bertz CT molecular complexity index is 799. The van der Waals surface area contributed by atoms with Crippen LogP contribution in [-0.2, 0) is 0 Å². The Hall–Kier alpha value is -2.77. The predicted molar refractivity (Wildman–Crippen MR) is 88.2 cm³/mol. The van der Waals surface area contributed by atoms with Crippen molar-refractivity contribution in [3.8, 4) is 17.5 Å². The molecule has 0 saturated carbocycles. The highest BCUT2D eigenvalue weighted by Gasteiger charge is 1.96. The minimum absolute atomic E-state index is 0.549. The van der Waals surface area contributed by atoms with E-state index >= 15 is 0 Å². The van der Waals surface area contributed by atoms with E-state index in [2.05, 4.69) is 27.2 Å². The predicted octanol–water partition coefficient (Wildman–Crippen LogP) is 3.38. The van der Waals surface area contributed by atoms with Crippen LogP contribution in [0.25, 0.3) is 5.69 Å². The summed E-state index contributed by atoms with van der Waals surface area (Å²) in [6.07, 6.45) is 3.17. The zero-order valence-electron chi connectivity index (χ0n) is 11.7. The first kappa shape index (κ1) is 14.2. The second kappa shape index (κ2) is 6.79. The summed E-state index contributed by atoms with van der Waals surface area (Å²) in [6, 6.07) is 15.5. The van der Waals surface area contributed by atoms with Gasteiger partial charge in [-0.3, -0.25) is 0 Å². The van der Waals surface area contributed by atoms with E-state index in [9.17, 15) is 0 Å². The molecule has 0 unspecified atom stereocenters. The number of hydrogen-bond donors (Lipinski definition) is 1. The second-order valence-corrected chi connectivity index (χ2v) is 4.93. The van der Waals surface area contributed by atoms with Crippen LogP contribution in [0.1, 0.15) is 5.56 Å². The van der Waals surface area contributed by atoms with Crippen LogP contribution in [0.2, 0.25) is 5.02 Å². The summed E-state index contributed by atoms with van der Waals surface area (Å²) in [7, 11) is 0. The van der Waals surface area contributed by atoms with E-state index in [1.165, 1.54) is 6.33 Å². The van der Waals surface area contributed by atoms with E-state index in [0.29, 0.717) is 11.6 Å². The van der Waals surface area contributed by atoms with Crippen molar-refractivity contribution in [2.24, 2.45) is 0 Å². The first-order valence-corrected chi connectivity index (χ1v) is 7.13. The standard InChI is InChI=1S/C17H13ClN4/c18-17-6-2-1-4-14(17)5-3-11-20-15-7-9-16(10-8-15)22-13-19-12-21-22/h1-2,4,6-10,12-13,20H,11H2. The molecule has 0 spiro atoms. The van der Waals surface area contributed by atoms with Gasteiger partial charge in [-0.05, 0) is 36.4 Å². The third kappa shape index (κ3) is 3.46. The lowest BCUT2D eigenvalue weighted by atomic mass is 10.2. The highest BCUT2D eigenvalue weighted by Crippen LogP contribution is 2.13. The largest absolute Gasteiger partial charge is 0.374 e. The van der Waals surface area contributed by atoms with Gasteiger partial charge >= 0.3 is 0 Å². The van der Waals surface area contributed by atoms with Crippen LogP contribution < -0.4 is 5.32 Å². The van der Waals surface area contributed by atoms with Crippen LogP contribution in [-0.4, -0.2) is 21.3 Å². The number of rotatable bonds is 3. The molecule has 108 valence electrons. The maximum Gasteiger partial charge on any atom is 0.138 e. The fourth-order valence-electron chi connectivity index (χ4n) is 1.92. The van der Waals surface area contributed by atoms with Gasteiger partial charge in [0, 0.05) is 11.3 Å². The fraction of sp³-hybridized carbons (Fsp3) is 0.0588. The molecule has 5 heteroatoms. The first-order chi connectivity index (χ1) is 10.8.